The first-order valence-corrected chi connectivity index (χ1v) is 8.29. The van der Waals surface area contributed by atoms with Crippen molar-refractivity contribution in [1.29, 1.82) is 0 Å². The highest BCUT2D eigenvalue weighted by Gasteiger charge is 2.36. The van der Waals surface area contributed by atoms with Crippen molar-refractivity contribution >= 4 is 5.82 Å². The molecule has 4 rings (SSSR count). The van der Waals surface area contributed by atoms with Gasteiger partial charge in [0.05, 0.1) is 18.7 Å². The quantitative estimate of drug-likeness (QED) is 0.705. The molecule has 3 aromatic rings. The maximum absolute atomic E-state index is 13.0. The van der Waals surface area contributed by atoms with Crippen molar-refractivity contribution in [3.63, 3.8) is 0 Å². The summed E-state index contributed by atoms with van der Waals surface area (Å²) in [4.78, 5) is 1.82. The third-order valence-electron chi connectivity index (χ3n) is 4.13. The summed E-state index contributed by atoms with van der Waals surface area (Å²) in [5.41, 5.74) is -0.442. The van der Waals surface area contributed by atoms with Crippen LogP contribution in [0.2, 0.25) is 0 Å². The summed E-state index contributed by atoms with van der Waals surface area (Å²) < 4.78 is 49.8. The zero-order chi connectivity index (χ0) is 19.7. The fraction of sp³-hybridized carbons (Fsp3) is 0.294. The second kappa shape index (κ2) is 7.08. The van der Waals surface area contributed by atoms with Crippen LogP contribution >= 0.6 is 0 Å². The van der Waals surface area contributed by atoms with Gasteiger partial charge in [0.25, 0.3) is 5.89 Å². The van der Waals surface area contributed by atoms with Gasteiger partial charge in [-0.05, 0) is 24.3 Å². The SMILES string of the molecule is OCc1nnc(-c2ccc(N3CC(Oc4ccccc4C(F)(F)F)C3)nn2)o1. The Morgan fingerprint density at radius 1 is 1.07 bits per heavy atom. The molecule has 1 saturated heterocycles. The monoisotopic (exact) mass is 393 g/mol. The Balaban J connectivity index is 1.38. The topological polar surface area (TPSA) is 97.4 Å². The van der Waals surface area contributed by atoms with Gasteiger partial charge in [-0.1, -0.05) is 12.1 Å². The van der Waals surface area contributed by atoms with Gasteiger partial charge in [0, 0.05) is 0 Å². The van der Waals surface area contributed by atoms with E-state index in [4.69, 9.17) is 14.3 Å². The second-order valence-electron chi connectivity index (χ2n) is 6.07. The van der Waals surface area contributed by atoms with Crippen LogP contribution in [-0.4, -0.2) is 44.7 Å². The van der Waals surface area contributed by atoms with Crippen molar-refractivity contribution in [1.82, 2.24) is 20.4 Å². The van der Waals surface area contributed by atoms with Gasteiger partial charge in [0.1, 0.15) is 24.2 Å². The van der Waals surface area contributed by atoms with Crippen LogP contribution in [0.25, 0.3) is 11.6 Å². The summed E-state index contributed by atoms with van der Waals surface area (Å²) >= 11 is 0. The van der Waals surface area contributed by atoms with Crippen LogP contribution in [0.15, 0.2) is 40.8 Å². The molecule has 146 valence electrons. The zero-order valence-electron chi connectivity index (χ0n) is 14.3. The standard InChI is InChI=1S/C17H14F3N5O3/c18-17(19,20)11-3-1-2-4-13(11)27-10-7-25(8-10)14-6-5-12(21-22-14)16-24-23-15(9-26)28-16/h1-6,10,26H,7-9H2. The van der Waals surface area contributed by atoms with E-state index < -0.39 is 11.7 Å². The molecule has 0 spiro atoms. The molecule has 0 unspecified atom stereocenters. The lowest BCUT2D eigenvalue weighted by Crippen LogP contribution is -2.54. The number of ether oxygens (including phenoxy) is 1. The van der Waals surface area contributed by atoms with E-state index in [1.807, 2.05) is 4.90 Å². The molecule has 0 saturated carbocycles. The van der Waals surface area contributed by atoms with E-state index in [-0.39, 0.29) is 30.2 Å². The number of nitrogens with zero attached hydrogens (tertiary/aromatic N) is 5. The lowest BCUT2D eigenvalue weighted by molar-refractivity contribution is -0.139. The van der Waals surface area contributed by atoms with E-state index >= 15 is 0 Å². The first-order valence-electron chi connectivity index (χ1n) is 8.29. The van der Waals surface area contributed by atoms with Crippen molar-refractivity contribution in [2.75, 3.05) is 18.0 Å². The van der Waals surface area contributed by atoms with Gasteiger partial charge < -0.3 is 19.2 Å². The fourth-order valence-corrected chi connectivity index (χ4v) is 2.71. The maximum Gasteiger partial charge on any atom is 0.419 e. The number of hydrogen-bond acceptors (Lipinski definition) is 8. The minimum Gasteiger partial charge on any atom is -0.486 e. The predicted molar refractivity (Wildman–Crippen MR) is 89.3 cm³/mol. The van der Waals surface area contributed by atoms with Gasteiger partial charge in [-0.2, -0.15) is 13.2 Å². The van der Waals surface area contributed by atoms with E-state index in [0.717, 1.165) is 6.07 Å². The minimum atomic E-state index is -4.47. The van der Waals surface area contributed by atoms with Crippen LogP contribution in [-0.2, 0) is 12.8 Å². The normalized spacial score (nSPS) is 14.8. The van der Waals surface area contributed by atoms with Crippen molar-refractivity contribution < 1.29 is 27.4 Å². The molecule has 1 aromatic carbocycles. The van der Waals surface area contributed by atoms with Crippen molar-refractivity contribution in [2.24, 2.45) is 0 Å². The number of aliphatic hydroxyl groups excluding tert-OH is 1. The minimum absolute atomic E-state index is 0.0720. The van der Waals surface area contributed by atoms with Gasteiger partial charge in [-0.15, -0.1) is 20.4 Å². The van der Waals surface area contributed by atoms with Crippen LogP contribution < -0.4 is 9.64 Å². The lowest BCUT2D eigenvalue weighted by atomic mass is 10.1. The van der Waals surface area contributed by atoms with Crippen LogP contribution in [0.5, 0.6) is 5.75 Å². The summed E-state index contributed by atoms with van der Waals surface area (Å²) in [6, 6.07) is 8.45. The summed E-state index contributed by atoms with van der Waals surface area (Å²) in [7, 11) is 0. The molecule has 3 heterocycles. The second-order valence-corrected chi connectivity index (χ2v) is 6.07. The average molecular weight is 393 g/mol. The first kappa shape index (κ1) is 18.2. The van der Waals surface area contributed by atoms with Gasteiger partial charge >= 0.3 is 6.18 Å². The Bertz CT molecular complexity index is 955. The molecule has 0 atom stereocenters. The van der Waals surface area contributed by atoms with Crippen molar-refractivity contribution in [3.05, 3.63) is 47.9 Å². The maximum atomic E-state index is 13.0. The molecular weight excluding hydrogens is 379 g/mol. The summed E-state index contributed by atoms with van der Waals surface area (Å²) in [6.07, 6.45) is -4.85. The molecule has 1 aliphatic rings. The zero-order valence-corrected chi connectivity index (χ0v) is 14.3. The molecule has 1 fully saturated rings. The number of rotatable bonds is 5. The molecule has 1 N–H and O–H groups in total. The van der Waals surface area contributed by atoms with Crippen LogP contribution in [0.4, 0.5) is 19.0 Å². The third-order valence-corrected chi connectivity index (χ3v) is 4.13. The van der Waals surface area contributed by atoms with Gasteiger partial charge in [0.15, 0.2) is 5.82 Å². The molecule has 0 bridgehead atoms. The van der Waals surface area contributed by atoms with Crippen LogP contribution in [0.1, 0.15) is 11.5 Å². The number of hydrogen-bond donors (Lipinski definition) is 1. The smallest absolute Gasteiger partial charge is 0.419 e. The van der Waals surface area contributed by atoms with Gasteiger partial charge in [-0.3, -0.25) is 0 Å². The number of aromatic nitrogens is 4. The number of benzene rings is 1. The molecule has 0 radical (unpaired) electrons. The highest BCUT2D eigenvalue weighted by Crippen LogP contribution is 2.37. The summed E-state index contributed by atoms with van der Waals surface area (Å²) in [6.45, 7) is 0.399. The van der Waals surface area contributed by atoms with Crippen molar-refractivity contribution in [3.8, 4) is 17.3 Å². The van der Waals surface area contributed by atoms with Crippen LogP contribution in [0, 0.1) is 0 Å². The largest absolute Gasteiger partial charge is 0.486 e. The summed E-state index contributed by atoms with van der Waals surface area (Å²) in [5, 5.41) is 24.4. The highest BCUT2D eigenvalue weighted by atomic mass is 19.4. The Labute approximate surface area is 156 Å². The van der Waals surface area contributed by atoms with E-state index in [1.165, 1.54) is 18.2 Å². The van der Waals surface area contributed by atoms with E-state index in [0.29, 0.717) is 24.6 Å². The number of alkyl halides is 3. The Morgan fingerprint density at radius 3 is 2.50 bits per heavy atom. The average Bonchev–Trinajstić information content (AvgIpc) is 3.13. The molecule has 2 aromatic heterocycles. The Hall–Kier alpha value is -3.21. The molecule has 0 amide bonds. The summed E-state index contributed by atoms with van der Waals surface area (Å²) in [5.74, 6) is 0.575. The van der Waals surface area contributed by atoms with Crippen LogP contribution in [0.3, 0.4) is 0 Å². The van der Waals surface area contributed by atoms with E-state index in [9.17, 15) is 13.2 Å². The molecule has 0 aliphatic carbocycles. The van der Waals surface area contributed by atoms with Gasteiger partial charge in [-0.25, -0.2) is 0 Å². The van der Waals surface area contributed by atoms with E-state index in [2.05, 4.69) is 20.4 Å². The number of aliphatic hydroxyl groups is 1. The Kier molecular flexibility index (Phi) is 4.59. The number of anilines is 1. The first-order chi connectivity index (χ1) is 13.4. The van der Waals surface area contributed by atoms with E-state index in [1.54, 1.807) is 12.1 Å². The predicted octanol–water partition coefficient (Wildman–Crippen LogP) is 2.31. The number of halogens is 3. The molecule has 8 nitrogen and oxygen atoms in total. The molecule has 11 heteroatoms. The Morgan fingerprint density at radius 2 is 1.86 bits per heavy atom. The number of para-hydroxylation sites is 1. The molecular formula is C17H14F3N5O3. The van der Waals surface area contributed by atoms with Gasteiger partial charge in [0.2, 0.25) is 5.89 Å². The highest BCUT2D eigenvalue weighted by molar-refractivity contribution is 5.50. The lowest BCUT2D eigenvalue weighted by Gasteiger charge is -2.39. The van der Waals surface area contributed by atoms with Crippen molar-refractivity contribution in [2.45, 2.75) is 18.9 Å². The third kappa shape index (κ3) is 3.60. The molecule has 1 aliphatic heterocycles. The molecule has 28 heavy (non-hydrogen) atoms. The fourth-order valence-electron chi connectivity index (χ4n) is 2.71.